The highest BCUT2D eigenvalue weighted by molar-refractivity contribution is 6.20. The van der Waals surface area contributed by atoms with Crippen LogP contribution >= 0.6 is 0 Å². The minimum absolute atomic E-state index is 0.246. The molecule has 152 valence electrons. The molecule has 3 amide bonds. The van der Waals surface area contributed by atoms with Gasteiger partial charge in [-0.15, -0.1) is 0 Å². The maximum absolute atomic E-state index is 12.8. The van der Waals surface area contributed by atoms with E-state index in [1.54, 1.807) is 7.05 Å². The van der Waals surface area contributed by atoms with Crippen molar-refractivity contribution in [2.24, 2.45) is 4.99 Å². The second-order valence-electron chi connectivity index (χ2n) is 7.91. The molecule has 1 aromatic carbocycles. The first-order valence-electron chi connectivity index (χ1n) is 9.78. The Morgan fingerprint density at radius 1 is 1.03 bits per heavy atom. The fourth-order valence-electron chi connectivity index (χ4n) is 4.24. The summed E-state index contributed by atoms with van der Waals surface area (Å²) in [5, 5.41) is 3.48. The van der Waals surface area contributed by atoms with Crippen LogP contribution in [0.2, 0.25) is 0 Å². The molecular formula is C21H27N6O2+. The Hall–Kier alpha value is -3.16. The highest BCUT2D eigenvalue weighted by atomic mass is 16.2. The Kier molecular flexibility index (Phi) is 4.44. The van der Waals surface area contributed by atoms with Crippen LogP contribution in [-0.2, 0) is 11.3 Å². The Morgan fingerprint density at radius 3 is 2.34 bits per heavy atom. The molecule has 0 aliphatic carbocycles. The Labute approximate surface area is 170 Å². The zero-order valence-electron chi connectivity index (χ0n) is 17.8. The van der Waals surface area contributed by atoms with Gasteiger partial charge in [0.15, 0.2) is 0 Å². The van der Waals surface area contributed by atoms with E-state index in [0.29, 0.717) is 18.3 Å². The van der Waals surface area contributed by atoms with Gasteiger partial charge in [0.2, 0.25) is 11.9 Å². The number of likely N-dealkylation sites (N-methyl/N-ethyl adjacent to an activating group) is 2. The SMILES string of the molecule is Cc1cc(C)cc(NCC[n+]2c(C)c(C)n3c2N=C2C3C(=O)N(C)C(=O)N2C)c1. The number of hydrogen-bond acceptors (Lipinski definition) is 4. The summed E-state index contributed by atoms with van der Waals surface area (Å²) >= 11 is 0. The molecule has 0 saturated carbocycles. The second-order valence-corrected chi connectivity index (χ2v) is 7.91. The molecule has 8 heteroatoms. The van der Waals surface area contributed by atoms with E-state index in [9.17, 15) is 9.59 Å². The van der Waals surface area contributed by atoms with Crippen LogP contribution in [0.4, 0.5) is 16.4 Å². The van der Waals surface area contributed by atoms with Crippen LogP contribution in [0.15, 0.2) is 23.2 Å². The van der Waals surface area contributed by atoms with Crippen molar-refractivity contribution in [3.63, 3.8) is 0 Å². The van der Waals surface area contributed by atoms with E-state index in [1.807, 2.05) is 18.4 Å². The smallest absolute Gasteiger partial charge is 0.382 e. The molecule has 1 saturated heterocycles. The van der Waals surface area contributed by atoms with Gasteiger partial charge in [-0.05, 0) is 51.0 Å². The zero-order chi connectivity index (χ0) is 21.0. The maximum Gasteiger partial charge on any atom is 0.402 e. The number of hydrogen-bond donors (Lipinski definition) is 1. The fourth-order valence-corrected chi connectivity index (χ4v) is 4.24. The molecule has 3 heterocycles. The molecule has 2 aliphatic heterocycles. The topological polar surface area (TPSA) is 73.8 Å². The predicted octanol–water partition coefficient (Wildman–Crippen LogP) is 2.23. The molecule has 4 rings (SSSR count). The van der Waals surface area contributed by atoms with Crippen molar-refractivity contribution in [1.29, 1.82) is 0 Å². The van der Waals surface area contributed by atoms with Crippen LogP contribution in [0.25, 0.3) is 0 Å². The minimum Gasteiger partial charge on any atom is -0.382 e. The predicted molar refractivity (Wildman–Crippen MR) is 111 cm³/mol. The summed E-state index contributed by atoms with van der Waals surface area (Å²) in [5.41, 5.74) is 5.60. The molecule has 1 aromatic heterocycles. The van der Waals surface area contributed by atoms with Crippen molar-refractivity contribution in [2.45, 2.75) is 40.3 Å². The summed E-state index contributed by atoms with van der Waals surface area (Å²) in [5.74, 6) is 0.960. The number of nitrogens with one attached hydrogen (secondary N) is 1. The summed E-state index contributed by atoms with van der Waals surface area (Å²) in [4.78, 5) is 32.4. The van der Waals surface area contributed by atoms with E-state index < -0.39 is 6.04 Å². The molecule has 0 bridgehead atoms. The van der Waals surface area contributed by atoms with Gasteiger partial charge in [0.25, 0.3) is 5.91 Å². The van der Waals surface area contributed by atoms with E-state index in [0.717, 1.165) is 23.6 Å². The summed E-state index contributed by atoms with van der Waals surface area (Å²) in [6, 6.07) is 5.48. The monoisotopic (exact) mass is 395 g/mol. The number of urea groups is 1. The van der Waals surface area contributed by atoms with Crippen LogP contribution in [0, 0.1) is 27.7 Å². The number of rotatable bonds is 4. The van der Waals surface area contributed by atoms with Crippen molar-refractivity contribution in [1.82, 2.24) is 14.4 Å². The number of nitrogens with zero attached hydrogens (tertiary/aromatic N) is 5. The molecule has 1 fully saturated rings. The molecule has 1 N–H and O–H groups in total. The average Bonchev–Trinajstić information content (AvgIpc) is 3.15. The van der Waals surface area contributed by atoms with Crippen LogP contribution in [-0.4, -0.2) is 52.8 Å². The van der Waals surface area contributed by atoms with Gasteiger partial charge >= 0.3 is 12.0 Å². The molecular weight excluding hydrogens is 368 g/mol. The molecule has 8 nitrogen and oxygen atoms in total. The zero-order valence-corrected chi connectivity index (χ0v) is 17.8. The first-order chi connectivity index (χ1) is 13.7. The summed E-state index contributed by atoms with van der Waals surface area (Å²) in [6.45, 7) is 9.64. The molecule has 2 aromatic rings. The number of aryl methyl sites for hydroxylation is 2. The standard InChI is InChI=1S/C21H27N6O2/c1-12-9-13(2)11-16(10-12)22-7-8-26-14(3)15(4)27-17-18(23-20(26)27)24(5)21(29)25(6)19(17)28/h9-11,17,22H,7-8H2,1-6H3/q+1. The molecule has 1 unspecified atom stereocenters. The lowest BCUT2D eigenvalue weighted by Gasteiger charge is -2.30. The minimum atomic E-state index is -0.579. The Morgan fingerprint density at radius 2 is 1.69 bits per heavy atom. The van der Waals surface area contributed by atoms with Crippen LogP contribution in [0.1, 0.15) is 28.6 Å². The summed E-state index contributed by atoms with van der Waals surface area (Å²) < 4.78 is 4.06. The van der Waals surface area contributed by atoms with E-state index in [2.05, 4.69) is 41.9 Å². The number of carbonyl (C=O) groups excluding carboxylic acids is 2. The lowest BCUT2D eigenvalue weighted by atomic mass is 10.1. The first-order valence-corrected chi connectivity index (χ1v) is 9.78. The maximum atomic E-state index is 12.8. The lowest BCUT2D eigenvalue weighted by molar-refractivity contribution is -0.686. The summed E-state index contributed by atoms with van der Waals surface area (Å²) in [6.07, 6.45) is 0. The van der Waals surface area contributed by atoms with Crippen molar-refractivity contribution in [2.75, 3.05) is 26.0 Å². The van der Waals surface area contributed by atoms with Crippen LogP contribution < -0.4 is 9.88 Å². The number of aromatic nitrogens is 2. The van der Waals surface area contributed by atoms with Gasteiger partial charge in [0.05, 0.1) is 6.54 Å². The third kappa shape index (κ3) is 2.90. The number of imide groups is 1. The third-order valence-corrected chi connectivity index (χ3v) is 5.83. The first kappa shape index (κ1) is 19.2. The van der Waals surface area contributed by atoms with Crippen molar-refractivity contribution >= 4 is 29.4 Å². The quantitative estimate of drug-likeness (QED) is 0.807. The van der Waals surface area contributed by atoms with Gasteiger partial charge in [-0.1, -0.05) is 11.1 Å². The lowest BCUT2D eigenvalue weighted by Crippen LogP contribution is -2.56. The molecule has 2 aliphatic rings. The number of aliphatic imine (C=N–C) groups is 1. The number of amidine groups is 1. The van der Waals surface area contributed by atoms with E-state index >= 15 is 0 Å². The second kappa shape index (κ2) is 6.72. The highest BCUT2D eigenvalue weighted by Crippen LogP contribution is 2.34. The fraction of sp³-hybridized carbons (Fsp3) is 0.429. The Bertz CT molecular complexity index is 1050. The highest BCUT2D eigenvalue weighted by Gasteiger charge is 2.53. The molecule has 1 atom stereocenters. The van der Waals surface area contributed by atoms with Gasteiger partial charge in [-0.2, -0.15) is 0 Å². The number of benzene rings is 1. The van der Waals surface area contributed by atoms with Crippen LogP contribution in [0.5, 0.6) is 0 Å². The molecule has 29 heavy (non-hydrogen) atoms. The van der Waals surface area contributed by atoms with Crippen molar-refractivity contribution < 1.29 is 14.2 Å². The summed E-state index contributed by atoms with van der Waals surface area (Å²) in [7, 11) is 3.18. The van der Waals surface area contributed by atoms with Gasteiger partial charge in [0.1, 0.15) is 11.4 Å². The van der Waals surface area contributed by atoms with E-state index in [1.165, 1.54) is 28.0 Å². The Balaban J connectivity index is 1.63. The van der Waals surface area contributed by atoms with Gasteiger partial charge in [0, 0.05) is 26.3 Å². The van der Waals surface area contributed by atoms with E-state index in [-0.39, 0.29) is 11.9 Å². The van der Waals surface area contributed by atoms with Crippen LogP contribution in [0.3, 0.4) is 0 Å². The van der Waals surface area contributed by atoms with Crippen molar-refractivity contribution in [3.8, 4) is 0 Å². The number of fused-ring (bicyclic) bond motifs is 3. The average molecular weight is 395 g/mol. The van der Waals surface area contributed by atoms with Crippen molar-refractivity contribution in [3.05, 3.63) is 40.7 Å². The molecule has 0 spiro atoms. The number of anilines is 1. The number of amides is 3. The number of imidazole rings is 1. The van der Waals surface area contributed by atoms with Gasteiger partial charge < -0.3 is 5.32 Å². The largest absolute Gasteiger partial charge is 0.402 e. The van der Waals surface area contributed by atoms with Gasteiger partial charge in [-0.25, -0.2) is 13.9 Å². The normalized spacial score (nSPS) is 18.1. The third-order valence-electron chi connectivity index (χ3n) is 5.83. The molecule has 0 radical (unpaired) electrons. The van der Waals surface area contributed by atoms with E-state index in [4.69, 9.17) is 4.99 Å². The van der Waals surface area contributed by atoms with Gasteiger partial charge in [-0.3, -0.25) is 14.6 Å². The number of carbonyl (C=O) groups is 2.